The van der Waals surface area contributed by atoms with Crippen molar-refractivity contribution >= 4 is 12.0 Å². The minimum atomic E-state index is -0.489. The summed E-state index contributed by atoms with van der Waals surface area (Å²) in [6.45, 7) is 0.274. The quantitative estimate of drug-likeness (QED) is 0.466. The normalized spacial score (nSPS) is 10.3. The zero-order valence-corrected chi connectivity index (χ0v) is 12.2. The topological polar surface area (TPSA) is 59.3 Å². The molecule has 116 valence electrons. The highest BCUT2D eigenvalue weighted by Crippen LogP contribution is 2.10. The maximum Gasteiger partial charge on any atom is 0.330 e. The van der Waals surface area contributed by atoms with E-state index < -0.39 is 5.97 Å². The molecule has 0 aliphatic heterocycles. The van der Waals surface area contributed by atoms with E-state index in [1.165, 1.54) is 30.3 Å². The first kappa shape index (κ1) is 16.2. The van der Waals surface area contributed by atoms with Crippen molar-refractivity contribution < 1.29 is 18.7 Å². The number of nitriles is 1. The van der Waals surface area contributed by atoms with Crippen LogP contribution in [0.5, 0.6) is 5.75 Å². The maximum atomic E-state index is 12.7. The fraction of sp³-hybridized carbons (Fsp3) is 0.111. The fourth-order valence-corrected chi connectivity index (χ4v) is 1.71. The third-order valence-electron chi connectivity index (χ3n) is 2.86. The lowest BCUT2D eigenvalue weighted by Gasteiger charge is -2.05. The van der Waals surface area contributed by atoms with Crippen LogP contribution in [0.25, 0.3) is 6.08 Å². The van der Waals surface area contributed by atoms with Gasteiger partial charge in [0.05, 0.1) is 11.6 Å². The summed E-state index contributed by atoms with van der Waals surface area (Å²) in [7, 11) is 0. The van der Waals surface area contributed by atoms with Gasteiger partial charge in [0.25, 0.3) is 0 Å². The van der Waals surface area contributed by atoms with E-state index in [0.717, 1.165) is 5.56 Å². The third kappa shape index (κ3) is 5.64. The molecule has 0 spiro atoms. The molecular formula is C18H14FNO3. The van der Waals surface area contributed by atoms with Gasteiger partial charge in [-0.3, -0.25) is 0 Å². The molecule has 0 amide bonds. The van der Waals surface area contributed by atoms with Crippen molar-refractivity contribution in [2.45, 2.75) is 0 Å². The lowest BCUT2D eigenvalue weighted by Crippen LogP contribution is -2.10. The summed E-state index contributed by atoms with van der Waals surface area (Å²) in [5.41, 5.74) is 1.35. The van der Waals surface area contributed by atoms with Crippen molar-refractivity contribution in [1.82, 2.24) is 0 Å². The first-order valence-corrected chi connectivity index (χ1v) is 6.91. The molecule has 0 radical (unpaired) electrons. The second-order valence-corrected chi connectivity index (χ2v) is 4.54. The minimum Gasteiger partial charge on any atom is -0.490 e. The van der Waals surface area contributed by atoms with Crippen LogP contribution in [0, 0.1) is 17.1 Å². The molecule has 2 aromatic carbocycles. The highest BCUT2D eigenvalue weighted by atomic mass is 19.1. The molecule has 0 aromatic heterocycles. The van der Waals surface area contributed by atoms with Crippen molar-refractivity contribution in [3.8, 4) is 11.8 Å². The largest absolute Gasteiger partial charge is 0.490 e. The fourth-order valence-electron chi connectivity index (χ4n) is 1.71. The Bertz CT molecular complexity index is 715. The number of carbonyl (C=O) groups is 1. The number of hydrogen-bond acceptors (Lipinski definition) is 4. The molecule has 2 rings (SSSR count). The molecule has 0 saturated heterocycles. The molecule has 0 N–H and O–H groups in total. The number of benzene rings is 2. The Balaban J connectivity index is 1.71. The summed E-state index contributed by atoms with van der Waals surface area (Å²) in [5, 5.41) is 8.69. The molecule has 0 bridgehead atoms. The molecule has 0 heterocycles. The predicted molar refractivity (Wildman–Crippen MR) is 83.0 cm³/mol. The summed E-state index contributed by atoms with van der Waals surface area (Å²) >= 11 is 0. The molecular weight excluding hydrogens is 297 g/mol. The molecule has 0 aliphatic carbocycles. The SMILES string of the molecule is N#Cc1ccc(/C=C/C(=O)OCCOc2ccc(F)cc2)cc1. The van der Waals surface area contributed by atoms with Crippen LogP contribution in [0.15, 0.2) is 54.6 Å². The minimum absolute atomic E-state index is 0.0912. The second-order valence-electron chi connectivity index (χ2n) is 4.54. The Morgan fingerprint density at radius 1 is 1.09 bits per heavy atom. The molecule has 23 heavy (non-hydrogen) atoms. The van der Waals surface area contributed by atoms with Gasteiger partial charge in [-0.2, -0.15) is 5.26 Å². The number of nitrogens with zero attached hydrogens (tertiary/aromatic N) is 1. The second kappa shape index (κ2) is 8.35. The zero-order chi connectivity index (χ0) is 16.5. The number of hydrogen-bond donors (Lipinski definition) is 0. The van der Waals surface area contributed by atoms with Gasteiger partial charge in [-0.1, -0.05) is 12.1 Å². The molecule has 5 heteroatoms. The first-order chi connectivity index (χ1) is 11.2. The van der Waals surface area contributed by atoms with E-state index >= 15 is 0 Å². The van der Waals surface area contributed by atoms with Crippen LogP contribution in [0.2, 0.25) is 0 Å². The van der Waals surface area contributed by atoms with Crippen LogP contribution in [0.4, 0.5) is 4.39 Å². The smallest absolute Gasteiger partial charge is 0.330 e. The maximum absolute atomic E-state index is 12.7. The van der Waals surface area contributed by atoms with Gasteiger partial charge in [-0.25, -0.2) is 9.18 Å². The molecule has 0 aliphatic rings. The summed E-state index contributed by atoms with van der Waals surface area (Å²) < 4.78 is 23.0. The number of esters is 1. The summed E-state index contributed by atoms with van der Waals surface area (Å²) in [6, 6.07) is 14.4. The van der Waals surface area contributed by atoms with Crippen LogP contribution in [-0.2, 0) is 9.53 Å². The highest BCUT2D eigenvalue weighted by Gasteiger charge is 1.99. The monoisotopic (exact) mass is 311 g/mol. The van der Waals surface area contributed by atoms with Gasteiger partial charge < -0.3 is 9.47 Å². The number of carbonyl (C=O) groups excluding carboxylic acids is 1. The van der Waals surface area contributed by atoms with Crippen LogP contribution in [0.3, 0.4) is 0 Å². The average molecular weight is 311 g/mol. The van der Waals surface area contributed by atoms with E-state index in [1.54, 1.807) is 30.3 Å². The Morgan fingerprint density at radius 3 is 2.43 bits per heavy atom. The van der Waals surface area contributed by atoms with Crippen molar-refractivity contribution in [2.75, 3.05) is 13.2 Å². The van der Waals surface area contributed by atoms with Gasteiger partial charge in [0.15, 0.2) is 0 Å². The first-order valence-electron chi connectivity index (χ1n) is 6.91. The van der Waals surface area contributed by atoms with Crippen LogP contribution >= 0.6 is 0 Å². The highest BCUT2D eigenvalue weighted by molar-refractivity contribution is 5.87. The molecule has 4 nitrogen and oxygen atoms in total. The average Bonchev–Trinajstić information content (AvgIpc) is 2.59. The van der Waals surface area contributed by atoms with Gasteiger partial charge in [-0.05, 0) is 48.0 Å². The van der Waals surface area contributed by atoms with E-state index in [-0.39, 0.29) is 19.0 Å². The van der Waals surface area contributed by atoms with Crippen molar-refractivity contribution in [3.63, 3.8) is 0 Å². The van der Waals surface area contributed by atoms with Crippen LogP contribution < -0.4 is 4.74 Å². The Labute approximate surface area is 133 Å². The molecule has 0 saturated carbocycles. The molecule has 2 aromatic rings. The lowest BCUT2D eigenvalue weighted by molar-refractivity contribution is -0.138. The van der Waals surface area contributed by atoms with Gasteiger partial charge >= 0.3 is 5.97 Å². The standard InChI is InChI=1S/C18H14FNO3/c19-16-6-8-17(9-7-16)22-11-12-23-18(21)10-5-14-1-3-15(13-20)4-2-14/h1-10H,11-12H2/b10-5+. The van der Waals surface area contributed by atoms with Gasteiger partial charge in [0.1, 0.15) is 24.8 Å². The number of halogens is 1. The van der Waals surface area contributed by atoms with E-state index in [4.69, 9.17) is 14.7 Å². The zero-order valence-electron chi connectivity index (χ0n) is 12.2. The van der Waals surface area contributed by atoms with Gasteiger partial charge in [-0.15, -0.1) is 0 Å². The molecule has 0 unspecified atom stereocenters. The van der Waals surface area contributed by atoms with Gasteiger partial charge in [0, 0.05) is 6.08 Å². The van der Waals surface area contributed by atoms with Crippen LogP contribution in [-0.4, -0.2) is 19.2 Å². The summed E-state index contributed by atoms with van der Waals surface area (Å²) in [4.78, 5) is 11.5. The van der Waals surface area contributed by atoms with Crippen LogP contribution in [0.1, 0.15) is 11.1 Å². The van der Waals surface area contributed by atoms with Crippen molar-refractivity contribution in [3.05, 3.63) is 71.6 Å². The van der Waals surface area contributed by atoms with E-state index in [1.807, 2.05) is 6.07 Å². The summed E-state index contributed by atoms with van der Waals surface area (Å²) in [6.07, 6.45) is 2.91. The molecule has 0 fully saturated rings. The Hall–Kier alpha value is -3.13. The third-order valence-corrected chi connectivity index (χ3v) is 2.86. The number of rotatable bonds is 6. The Kier molecular flexibility index (Phi) is 5.89. The number of ether oxygens (including phenoxy) is 2. The van der Waals surface area contributed by atoms with E-state index in [2.05, 4.69) is 0 Å². The summed E-state index contributed by atoms with van der Waals surface area (Å²) in [5.74, 6) is -0.315. The molecule has 0 atom stereocenters. The Morgan fingerprint density at radius 2 is 1.78 bits per heavy atom. The van der Waals surface area contributed by atoms with Gasteiger partial charge in [0.2, 0.25) is 0 Å². The predicted octanol–water partition coefficient (Wildman–Crippen LogP) is 3.33. The lowest BCUT2D eigenvalue weighted by atomic mass is 10.1. The van der Waals surface area contributed by atoms with Crippen molar-refractivity contribution in [1.29, 1.82) is 5.26 Å². The van der Waals surface area contributed by atoms with E-state index in [9.17, 15) is 9.18 Å². The van der Waals surface area contributed by atoms with E-state index in [0.29, 0.717) is 11.3 Å². The van der Waals surface area contributed by atoms with Crippen molar-refractivity contribution in [2.24, 2.45) is 0 Å².